The third-order valence-corrected chi connectivity index (χ3v) is 2.93. The lowest BCUT2D eigenvalue weighted by Crippen LogP contribution is -2.29. The zero-order valence-corrected chi connectivity index (χ0v) is 10.8. The Kier molecular flexibility index (Phi) is 4.90. The van der Waals surface area contributed by atoms with Crippen molar-refractivity contribution in [2.24, 2.45) is 0 Å². The van der Waals surface area contributed by atoms with Gasteiger partial charge in [0.2, 0.25) is 0 Å². The van der Waals surface area contributed by atoms with Gasteiger partial charge >= 0.3 is 0 Å². The number of para-hydroxylation sites is 1. The standard InChI is InChI=1S/C12H18ClNO2/c1-8(9(2)15-3)14-11-7-5-6-10(13)12(11)16-4/h5-9,14H,1-4H3. The first-order valence-corrected chi connectivity index (χ1v) is 5.59. The van der Waals surface area contributed by atoms with Crippen molar-refractivity contribution < 1.29 is 9.47 Å². The molecule has 0 aliphatic heterocycles. The van der Waals surface area contributed by atoms with Crippen molar-refractivity contribution in [1.29, 1.82) is 0 Å². The van der Waals surface area contributed by atoms with Gasteiger partial charge in [-0.25, -0.2) is 0 Å². The predicted molar refractivity (Wildman–Crippen MR) is 67.6 cm³/mol. The first-order chi connectivity index (χ1) is 7.60. The van der Waals surface area contributed by atoms with Gasteiger partial charge in [-0.15, -0.1) is 0 Å². The van der Waals surface area contributed by atoms with Crippen LogP contribution in [-0.2, 0) is 4.74 Å². The third kappa shape index (κ3) is 3.03. The SMILES string of the molecule is COc1c(Cl)cccc1NC(C)C(C)OC. The van der Waals surface area contributed by atoms with Gasteiger partial charge in [0.15, 0.2) is 5.75 Å². The summed E-state index contributed by atoms with van der Waals surface area (Å²) in [5.41, 5.74) is 0.881. The Morgan fingerprint density at radius 3 is 2.50 bits per heavy atom. The second kappa shape index (κ2) is 5.97. The molecule has 0 bridgehead atoms. The molecule has 90 valence electrons. The van der Waals surface area contributed by atoms with Crippen LogP contribution < -0.4 is 10.1 Å². The largest absolute Gasteiger partial charge is 0.493 e. The molecule has 1 N–H and O–H groups in total. The van der Waals surface area contributed by atoms with E-state index in [-0.39, 0.29) is 12.1 Å². The molecule has 16 heavy (non-hydrogen) atoms. The van der Waals surface area contributed by atoms with Gasteiger partial charge in [-0.05, 0) is 26.0 Å². The van der Waals surface area contributed by atoms with E-state index in [0.717, 1.165) is 5.69 Å². The molecular weight excluding hydrogens is 226 g/mol. The zero-order chi connectivity index (χ0) is 12.1. The van der Waals surface area contributed by atoms with Gasteiger partial charge in [0.25, 0.3) is 0 Å². The smallest absolute Gasteiger partial charge is 0.160 e. The van der Waals surface area contributed by atoms with E-state index in [1.54, 1.807) is 20.3 Å². The maximum absolute atomic E-state index is 6.03. The Morgan fingerprint density at radius 1 is 1.25 bits per heavy atom. The van der Waals surface area contributed by atoms with Crippen molar-refractivity contribution in [1.82, 2.24) is 0 Å². The molecule has 0 saturated carbocycles. The summed E-state index contributed by atoms with van der Waals surface area (Å²) in [6, 6.07) is 5.80. The van der Waals surface area contributed by atoms with Crippen molar-refractivity contribution in [3.63, 3.8) is 0 Å². The van der Waals surface area contributed by atoms with Crippen LogP contribution in [0.3, 0.4) is 0 Å². The van der Waals surface area contributed by atoms with Crippen molar-refractivity contribution in [2.75, 3.05) is 19.5 Å². The lowest BCUT2D eigenvalue weighted by molar-refractivity contribution is 0.106. The molecule has 0 amide bonds. The topological polar surface area (TPSA) is 30.5 Å². The normalized spacial score (nSPS) is 14.3. The molecule has 0 saturated heterocycles. The highest BCUT2D eigenvalue weighted by Crippen LogP contribution is 2.33. The van der Waals surface area contributed by atoms with Crippen LogP contribution in [0, 0.1) is 0 Å². The van der Waals surface area contributed by atoms with E-state index in [2.05, 4.69) is 12.2 Å². The molecular formula is C12H18ClNO2. The van der Waals surface area contributed by atoms with Crippen molar-refractivity contribution in [2.45, 2.75) is 26.0 Å². The average Bonchev–Trinajstić information content (AvgIpc) is 2.28. The number of ether oxygens (including phenoxy) is 2. The average molecular weight is 244 g/mol. The molecule has 0 fully saturated rings. The number of benzene rings is 1. The number of methoxy groups -OCH3 is 2. The fraction of sp³-hybridized carbons (Fsp3) is 0.500. The van der Waals surface area contributed by atoms with Crippen molar-refractivity contribution in [3.8, 4) is 5.75 Å². The fourth-order valence-corrected chi connectivity index (χ4v) is 1.65. The molecule has 0 radical (unpaired) electrons. The summed E-state index contributed by atoms with van der Waals surface area (Å²) in [5, 5.41) is 3.92. The summed E-state index contributed by atoms with van der Waals surface area (Å²) in [4.78, 5) is 0. The number of nitrogens with one attached hydrogen (secondary N) is 1. The number of rotatable bonds is 5. The predicted octanol–water partition coefficient (Wildman–Crippen LogP) is 3.18. The second-order valence-corrected chi connectivity index (χ2v) is 4.10. The molecule has 2 unspecified atom stereocenters. The van der Waals surface area contributed by atoms with Crippen LogP contribution in [0.15, 0.2) is 18.2 Å². The van der Waals surface area contributed by atoms with E-state index in [1.165, 1.54) is 0 Å². The third-order valence-electron chi connectivity index (χ3n) is 2.63. The van der Waals surface area contributed by atoms with Crippen LogP contribution in [0.25, 0.3) is 0 Å². The molecule has 0 aliphatic rings. The molecule has 4 heteroatoms. The summed E-state index contributed by atoms with van der Waals surface area (Å²) < 4.78 is 10.5. The highest BCUT2D eigenvalue weighted by Gasteiger charge is 2.14. The van der Waals surface area contributed by atoms with Gasteiger partial charge < -0.3 is 14.8 Å². The fourth-order valence-electron chi connectivity index (χ4n) is 1.40. The van der Waals surface area contributed by atoms with Crippen molar-refractivity contribution in [3.05, 3.63) is 23.2 Å². The van der Waals surface area contributed by atoms with E-state index in [9.17, 15) is 0 Å². The quantitative estimate of drug-likeness (QED) is 0.862. The lowest BCUT2D eigenvalue weighted by atomic mass is 10.2. The molecule has 0 aliphatic carbocycles. The summed E-state index contributed by atoms with van der Waals surface area (Å²) in [6.45, 7) is 4.06. The van der Waals surface area contributed by atoms with E-state index >= 15 is 0 Å². The van der Waals surface area contributed by atoms with Crippen LogP contribution in [0.5, 0.6) is 5.75 Å². The minimum atomic E-state index is 0.115. The van der Waals surface area contributed by atoms with Gasteiger partial charge in [0.1, 0.15) is 0 Å². The number of hydrogen-bond donors (Lipinski definition) is 1. The molecule has 1 rings (SSSR count). The van der Waals surface area contributed by atoms with Gasteiger partial charge in [0.05, 0.1) is 23.9 Å². The van der Waals surface area contributed by atoms with Gasteiger partial charge in [-0.1, -0.05) is 17.7 Å². The zero-order valence-electron chi connectivity index (χ0n) is 10.1. The van der Waals surface area contributed by atoms with Gasteiger partial charge in [-0.3, -0.25) is 0 Å². The maximum atomic E-state index is 6.03. The maximum Gasteiger partial charge on any atom is 0.160 e. The van der Waals surface area contributed by atoms with Crippen LogP contribution in [0.2, 0.25) is 5.02 Å². The van der Waals surface area contributed by atoms with Gasteiger partial charge in [-0.2, -0.15) is 0 Å². The Balaban J connectivity index is 2.84. The van der Waals surface area contributed by atoms with Crippen LogP contribution in [-0.4, -0.2) is 26.4 Å². The van der Waals surface area contributed by atoms with E-state index in [0.29, 0.717) is 10.8 Å². The summed E-state index contributed by atoms with van der Waals surface area (Å²) >= 11 is 6.03. The van der Waals surface area contributed by atoms with Crippen molar-refractivity contribution >= 4 is 17.3 Å². The second-order valence-electron chi connectivity index (χ2n) is 3.69. The molecule has 0 heterocycles. The summed E-state index contributed by atoms with van der Waals surface area (Å²) in [7, 11) is 3.30. The summed E-state index contributed by atoms with van der Waals surface area (Å²) in [6.07, 6.45) is 0.115. The molecule has 3 nitrogen and oxygen atoms in total. The molecule has 1 aromatic rings. The van der Waals surface area contributed by atoms with Crippen LogP contribution in [0.4, 0.5) is 5.69 Å². The molecule has 2 atom stereocenters. The first-order valence-electron chi connectivity index (χ1n) is 5.22. The van der Waals surface area contributed by atoms with Crippen LogP contribution >= 0.6 is 11.6 Å². The highest BCUT2D eigenvalue weighted by atomic mass is 35.5. The number of anilines is 1. The monoisotopic (exact) mass is 243 g/mol. The number of halogens is 1. The van der Waals surface area contributed by atoms with Gasteiger partial charge in [0, 0.05) is 13.2 Å². The Hall–Kier alpha value is -0.930. The van der Waals surface area contributed by atoms with E-state index in [4.69, 9.17) is 21.1 Å². The molecule has 0 spiro atoms. The molecule has 1 aromatic carbocycles. The van der Waals surface area contributed by atoms with E-state index in [1.807, 2.05) is 19.1 Å². The Bertz CT molecular complexity index is 344. The lowest BCUT2D eigenvalue weighted by Gasteiger charge is -2.22. The minimum absolute atomic E-state index is 0.115. The van der Waals surface area contributed by atoms with Crippen LogP contribution in [0.1, 0.15) is 13.8 Å². The Morgan fingerprint density at radius 2 is 1.94 bits per heavy atom. The van der Waals surface area contributed by atoms with E-state index < -0.39 is 0 Å². The Labute approximate surface area is 102 Å². The molecule has 0 aromatic heterocycles. The first kappa shape index (κ1) is 13.1. The summed E-state index contributed by atoms with van der Waals surface area (Å²) in [5.74, 6) is 0.666. The minimum Gasteiger partial charge on any atom is -0.493 e. The highest BCUT2D eigenvalue weighted by molar-refractivity contribution is 6.32. The number of hydrogen-bond acceptors (Lipinski definition) is 3.